The molecule has 0 unspecified atom stereocenters. The quantitative estimate of drug-likeness (QED) is 0.855. The molecule has 1 atom stereocenters. The third-order valence-electron chi connectivity index (χ3n) is 3.26. The Morgan fingerprint density at radius 1 is 1.29 bits per heavy atom. The molecule has 4 heteroatoms. The van der Waals surface area contributed by atoms with Crippen LogP contribution in [0.4, 0.5) is 0 Å². The highest BCUT2D eigenvalue weighted by Gasteiger charge is 2.26. The number of rotatable bonds is 2. The number of hydrogen-bond donors (Lipinski definition) is 1. The Balaban J connectivity index is 1.84. The molecule has 1 aliphatic rings. The van der Waals surface area contributed by atoms with Gasteiger partial charge in [-0.25, -0.2) is 0 Å². The minimum absolute atomic E-state index is 0.194. The lowest BCUT2D eigenvalue weighted by molar-refractivity contribution is 0.354. The smallest absolute Gasteiger partial charge is 0.243 e. The van der Waals surface area contributed by atoms with Gasteiger partial charge in [0.2, 0.25) is 5.89 Å². The summed E-state index contributed by atoms with van der Waals surface area (Å²) in [7, 11) is 0. The van der Waals surface area contributed by atoms with E-state index >= 15 is 0 Å². The van der Waals surface area contributed by atoms with E-state index in [9.17, 15) is 0 Å². The van der Waals surface area contributed by atoms with Crippen molar-refractivity contribution in [3.8, 4) is 0 Å². The molecule has 0 saturated carbocycles. The molecule has 2 aromatic rings. The summed E-state index contributed by atoms with van der Waals surface area (Å²) in [6.45, 7) is 1.85. The number of fused-ring (bicyclic) bond motifs is 1. The van der Waals surface area contributed by atoms with Crippen LogP contribution in [0.2, 0.25) is 0 Å². The van der Waals surface area contributed by atoms with E-state index in [0.29, 0.717) is 11.8 Å². The average molecular weight is 229 g/mol. The molecule has 1 aliphatic carbocycles. The molecule has 3 rings (SSSR count). The van der Waals surface area contributed by atoms with E-state index < -0.39 is 0 Å². The van der Waals surface area contributed by atoms with E-state index in [-0.39, 0.29) is 6.04 Å². The van der Waals surface area contributed by atoms with Gasteiger partial charge in [-0.2, -0.15) is 4.98 Å². The summed E-state index contributed by atoms with van der Waals surface area (Å²) in [4.78, 5) is 4.37. The van der Waals surface area contributed by atoms with Gasteiger partial charge in [0.25, 0.3) is 0 Å². The third kappa shape index (κ3) is 1.85. The number of benzene rings is 1. The summed E-state index contributed by atoms with van der Waals surface area (Å²) >= 11 is 0. The SMILES string of the molecule is C[C@H](N)c1nc(C2Cc3ccccc3C2)no1. The summed E-state index contributed by atoms with van der Waals surface area (Å²) in [5.74, 6) is 1.65. The van der Waals surface area contributed by atoms with Crippen LogP contribution in [-0.2, 0) is 12.8 Å². The van der Waals surface area contributed by atoms with Crippen LogP contribution >= 0.6 is 0 Å². The van der Waals surface area contributed by atoms with Gasteiger partial charge in [0.15, 0.2) is 5.82 Å². The zero-order chi connectivity index (χ0) is 11.8. The number of nitrogens with two attached hydrogens (primary N) is 1. The van der Waals surface area contributed by atoms with Crippen molar-refractivity contribution in [2.45, 2.75) is 31.7 Å². The minimum Gasteiger partial charge on any atom is -0.338 e. The van der Waals surface area contributed by atoms with Crippen molar-refractivity contribution in [2.24, 2.45) is 5.73 Å². The zero-order valence-electron chi connectivity index (χ0n) is 9.76. The summed E-state index contributed by atoms with van der Waals surface area (Å²) < 4.78 is 5.15. The van der Waals surface area contributed by atoms with Gasteiger partial charge in [0.1, 0.15) is 0 Å². The van der Waals surface area contributed by atoms with Gasteiger partial charge in [-0.1, -0.05) is 29.4 Å². The second kappa shape index (κ2) is 3.96. The van der Waals surface area contributed by atoms with Crippen molar-refractivity contribution in [1.82, 2.24) is 10.1 Å². The highest BCUT2D eigenvalue weighted by molar-refractivity contribution is 5.34. The van der Waals surface area contributed by atoms with Crippen LogP contribution < -0.4 is 5.73 Å². The maximum absolute atomic E-state index is 5.71. The first-order chi connectivity index (χ1) is 8.24. The van der Waals surface area contributed by atoms with E-state index in [1.807, 2.05) is 6.92 Å². The lowest BCUT2D eigenvalue weighted by Gasteiger charge is -2.00. The van der Waals surface area contributed by atoms with Gasteiger partial charge in [-0.15, -0.1) is 0 Å². The molecule has 1 heterocycles. The van der Waals surface area contributed by atoms with Crippen molar-refractivity contribution in [3.63, 3.8) is 0 Å². The number of hydrogen-bond acceptors (Lipinski definition) is 4. The Hall–Kier alpha value is -1.68. The van der Waals surface area contributed by atoms with Crippen molar-refractivity contribution >= 4 is 0 Å². The van der Waals surface area contributed by atoms with Crippen LogP contribution in [0, 0.1) is 0 Å². The van der Waals surface area contributed by atoms with E-state index in [1.54, 1.807) is 0 Å². The normalized spacial score (nSPS) is 17.1. The van der Waals surface area contributed by atoms with Gasteiger partial charge >= 0.3 is 0 Å². The molecule has 0 fully saturated rings. The van der Waals surface area contributed by atoms with Crippen LogP contribution in [0.1, 0.15) is 41.7 Å². The standard InChI is InChI=1S/C13H15N3O/c1-8(14)13-15-12(16-17-13)11-6-9-4-2-3-5-10(9)7-11/h2-5,8,11H,6-7,14H2,1H3/t8-/m0/s1. The molecule has 0 saturated heterocycles. The van der Waals surface area contributed by atoms with Crippen LogP contribution in [-0.4, -0.2) is 10.1 Å². The summed E-state index contributed by atoms with van der Waals surface area (Å²) in [5, 5.41) is 4.04. The lowest BCUT2D eigenvalue weighted by Crippen LogP contribution is -2.06. The molecule has 0 spiro atoms. The average Bonchev–Trinajstić information content (AvgIpc) is 2.95. The molecular formula is C13H15N3O. The van der Waals surface area contributed by atoms with E-state index in [0.717, 1.165) is 18.7 Å². The Morgan fingerprint density at radius 2 is 1.94 bits per heavy atom. The molecule has 0 aliphatic heterocycles. The fourth-order valence-electron chi connectivity index (χ4n) is 2.34. The Bertz CT molecular complexity index is 508. The summed E-state index contributed by atoms with van der Waals surface area (Å²) in [6.07, 6.45) is 1.99. The molecule has 0 radical (unpaired) electrons. The molecule has 4 nitrogen and oxygen atoms in total. The highest BCUT2D eigenvalue weighted by Crippen LogP contribution is 2.32. The van der Waals surface area contributed by atoms with Gasteiger partial charge in [-0.3, -0.25) is 0 Å². The summed E-state index contributed by atoms with van der Waals surface area (Å²) in [5.41, 5.74) is 8.50. The van der Waals surface area contributed by atoms with E-state index in [2.05, 4.69) is 34.4 Å². The fraction of sp³-hybridized carbons (Fsp3) is 0.385. The molecule has 2 N–H and O–H groups in total. The first-order valence-electron chi connectivity index (χ1n) is 5.90. The first-order valence-corrected chi connectivity index (χ1v) is 5.90. The Morgan fingerprint density at radius 3 is 2.47 bits per heavy atom. The lowest BCUT2D eigenvalue weighted by atomic mass is 10.1. The summed E-state index contributed by atoms with van der Waals surface area (Å²) in [6, 6.07) is 8.29. The van der Waals surface area contributed by atoms with Gasteiger partial charge < -0.3 is 10.3 Å². The number of nitrogens with zero attached hydrogens (tertiary/aromatic N) is 2. The molecule has 0 bridgehead atoms. The van der Waals surface area contributed by atoms with E-state index in [4.69, 9.17) is 10.3 Å². The molecular weight excluding hydrogens is 214 g/mol. The topological polar surface area (TPSA) is 64.9 Å². The monoisotopic (exact) mass is 229 g/mol. The van der Waals surface area contributed by atoms with Crippen LogP contribution in [0.3, 0.4) is 0 Å². The van der Waals surface area contributed by atoms with E-state index in [1.165, 1.54) is 11.1 Å². The predicted molar refractivity (Wildman–Crippen MR) is 63.5 cm³/mol. The minimum atomic E-state index is -0.194. The second-order valence-electron chi connectivity index (χ2n) is 4.65. The maximum atomic E-state index is 5.71. The highest BCUT2D eigenvalue weighted by atomic mass is 16.5. The van der Waals surface area contributed by atoms with Crippen molar-refractivity contribution in [3.05, 3.63) is 47.1 Å². The largest absolute Gasteiger partial charge is 0.338 e. The molecule has 1 aromatic carbocycles. The van der Waals surface area contributed by atoms with Gasteiger partial charge in [0.05, 0.1) is 6.04 Å². The molecule has 17 heavy (non-hydrogen) atoms. The van der Waals surface area contributed by atoms with Crippen LogP contribution in [0.15, 0.2) is 28.8 Å². The van der Waals surface area contributed by atoms with Crippen molar-refractivity contribution < 1.29 is 4.52 Å². The van der Waals surface area contributed by atoms with Crippen molar-refractivity contribution in [2.75, 3.05) is 0 Å². The second-order valence-corrected chi connectivity index (χ2v) is 4.65. The molecule has 0 amide bonds. The Kier molecular flexibility index (Phi) is 2.44. The Labute approximate surface area is 99.8 Å². The van der Waals surface area contributed by atoms with Gasteiger partial charge in [-0.05, 0) is 30.9 Å². The predicted octanol–water partition coefficient (Wildman–Crippen LogP) is 1.97. The van der Waals surface area contributed by atoms with Crippen molar-refractivity contribution in [1.29, 1.82) is 0 Å². The first kappa shape index (κ1) is 10.5. The van der Waals surface area contributed by atoms with Crippen LogP contribution in [0.25, 0.3) is 0 Å². The zero-order valence-corrected chi connectivity index (χ0v) is 9.76. The number of aromatic nitrogens is 2. The third-order valence-corrected chi connectivity index (χ3v) is 3.26. The van der Waals surface area contributed by atoms with Crippen LogP contribution in [0.5, 0.6) is 0 Å². The fourth-order valence-corrected chi connectivity index (χ4v) is 2.34. The maximum Gasteiger partial charge on any atom is 0.243 e. The molecule has 88 valence electrons. The molecule has 1 aromatic heterocycles. The van der Waals surface area contributed by atoms with Gasteiger partial charge in [0, 0.05) is 5.92 Å².